The minimum Gasteiger partial charge on any atom is -0.326 e. The number of carbonyl (C=O) groups is 1. The highest BCUT2D eigenvalue weighted by atomic mass is 35.5. The zero-order chi connectivity index (χ0) is 18.6. The zero-order valence-corrected chi connectivity index (χ0v) is 17.5. The van der Waals surface area contributed by atoms with E-state index in [0.29, 0.717) is 35.8 Å². The number of aryl methyl sites for hydroxylation is 1. The molecule has 0 bridgehead atoms. The number of benzene rings is 1. The molecule has 2 aliphatic rings. The van der Waals surface area contributed by atoms with E-state index in [4.69, 9.17) is 0 Å². The minimum absolute atomic E-state index is 0. The van der Waals surface area contributed by atoms with Gasteiger partial charge in [-0.3, -0.25) is 4.79 Å². The van der Waals surface area contributed by atoms with Gasteiger partial charge in [0.25, 0.3) is 0 Å². The number of sulfonamides is 1. The molecule has 27 heavy (non-hydrogen) atoms. The lowest BCUT2D eigenvalue weighted by Gasteiger charge is -2.23. The third-order valence-electron chi connectivity index (χ3n) is 5.31. The van der Waals surface area contributed by atoms with Gasteiger partial charge >= 0.3 is 0 Å². The van der Waals surface area contributed by atoms with Gasteiger partial charge in [0.1, 0.15) is 0 Å². The van der Waals surface area contributed by atoms with Gasteiger partial charge in [-0.25, -0.2) is 8.42 Å². The number of hydrogen-bond acceptors (Lipinski definition) is 4. The van der Waals surface area contributed by atoms with Crippen molar-refractivity contribution in [2.24, 2.45) is 5.92 Å². The first-order valence-electron chi connectivity index (χ1n) is 9.61. The standard InChI is InChI=1S/C19H29N3O3S.ClH/c1-15-8-9-17(21-19(23)16-7-6-10-20-14-16)13-18(15)26(24,25)22-11-4-2-3-5-12-22;/h8-9,13,16,20H,2-7,10-12,14H2,1H3,(H,21,23);1H. The van der Waals surface area contributed by atoms with Gasteiger partial charge in [-0.1, -0.05) is 18.9 Å². The largest absolute Gasteiger partial charge is 0.326 e. The van der Waals surface area contributed by atoms with Crippen LogP contribution >= 0.6 is 12.4 Å². The van der Waals surface area contributed by atoms with Gasteiger partial charge in [-0.15, -0.1) is 12.4 Å². The highest BCUT2D eigenvalue weighted by Crippen LogP contribution is 2.26. The summed E-state index contributed by atoms with van der Waals surface area (Å²) in [6, 6.07) is 5.17. The molecular formula is C19H30ClN3O3S. The van der Waals surface area contributed by atoms with Crippen LogP contribution in [-0.4, -0.2) is 44.8 Å². The predicted molar refractivity (Wildman–Crippen MR) is 110 cm³/mol. The Morgan fingerprint density at radius 2 is 1.85 bits per heavy atom. The Labute approximate surface area is 168 Å². The maximum Gasteiger partial charge on any atom is 0.243 e. The average molecular weight is 416 g/mol. The second-order valence-corrected chi connectivity index (χ2v) is 9.24. The van der Waals surface area contributed by atoms with E-state index < -0.39 is 10.0 Å². The van der Waals surface area contributed by atoms with Crippen LogP contribution in [-0.2, 0) is 14.8 Å². The molecule has 0 radical (unpaired) electrons. The first-order chi connectivity index (χ1) is 12.5. The number of piperidine rings is 1. The fourth-order valence-corrected chi connectivity index (χ4v) is 5.46. The van der Waals surface area contributed by atoms with Crippen molar-refractivity contribution in [2.45, 2.75) is 50.3 Å². The van der Waals surface area contributed by atoms with Crippen molar-refractivity contribution in [1.82, 2.24) is 9.62 Å². The Hall–Kier alpha value is -1.15. The van der Waals surface area contributed by atoms with Crippen molar-refractivity contribution in [2.75, 3.05) is 31.5 Å². The maximum absolute atomic E-state index is 13.1. The molecule has 6 nitrogen and oxygen atoms in total. The van der Waals surface area contributed by atoms with Crippen LogP contribution in [0, 0.1) is 12.8 Å². The van der Waals surface area contributed by atoms with Crippen molar-refractivity contribution in [3.8, 4) is 0 Å². The molecule has 2 aliphatic heterocycles. The number of nitrogens with one attached hydrogen (secondary N) is 2. The average Bonchev–Trinajstić information content (AvgIpc) is 2.94. The summed E-state index contributed by atoms with van der Waals surface area (Å²) in [5.41, 5.74) is 1.27. The Morgan fingerprint density at radius 1 is 1.15 bits per heavy atom. The van der Waals surface area contributed by atoms with Gasteiger partial charge in [0.2, 0.25) is 15.9 Å². The number of anilines is 1. The topological polar surface area (TPSA) is 78.5 Å². The molecular weight excluding hydrogens is 386 g/mol. The van der Waals surface area contributed by atoms with E-state index in [-0.39, 0.29) is 24.2 Å². The Kier molecular flexibility index (Phi) is 8.09. The summed E-state index contributed by atoms with van der Waals surface area (Å²) in [6.07, 6.45) is 5.82. The molecule has 0 saturated carbocycles. The van der Waals surface area contributed by atoms with E-state index in [1.165, 1.54) is 0 Å². The molecule has 2 saturated heterocycles. The van der Waals surface area contributed by atoms with Crippen molar-refractivity contribution in [3.63, 3.8) is 0 Å². The predicted octanol–water partition coefficient (Wildman–Crippen LogP) is 2.92. The molecule has 1 atom stereocenters. The van der Waals surface area contributed by atoms with E-state index in [0.717, 1.165) is 45.1 Å². The summed E-state index contributed by atoms with van der Waals surface area (Å²) in [6.45, 7) is 4.59. The number of halogens is 1. The lowest BCUT2D eigenvalue weighted by atomic mass is 9.99. The molecule has 152 valence electrons. The molecule has 8 heteroatoms. The van der Waals surface area contributed by atoms with Gasteiger partial charge in [0, 0.05) is 25.3 Å². The molecule has 2 fully saturated rings. The molecule has 0 aliphatic carbocycles. The van der Waals surface area contributed by atoms with E-state index in [2.05, 4.69) is 10.6 Å². The molecule has 0 aromatic heterocycles. The Morgan fingerprint density at radius 3 is 2.48 bits per heavy atom. The molecule has 3 rings (SSSR count). The monoisotopic (exact) mass is 415 g/mol. The van der Waals surface area contributed by atoms with Crippen LogP contribution in [0.4, 0.5) is 5.69 Å². The van der Waals surface area contributed by atoms with Gasteiger partial charge in [0.15, 0.2) is 0 Å². The summed E-state index contributed by atoms with van der Waals surface area (Å²) in [7, 11) is -3.53. The van der Waals surface area contributed by atoms with Crippen molar-refractivity contribution in [3.05, 3.63) is 23.8 Å². The number of rotatable bonds is 4. The van der Waals surface area contributed by atoms with Crippen LogP contribution in [0.25, 0.3) is 0 Å². The summed E-state index contributed by atoms with van der Waals surface area (Å²) in [5.74, 6) is -0.102. The smallest absolute Gasteiger partial charge is 0.243 e. The highest BCUT2D eigenvalue weighted by Gasteiger charge is 2.27. The summed E-state index contributed by atoms with van der Waals surface area (Å²) in [5, 5.41) is 6.14. The zero-order valence-electron chi connectivity index (χ0n) is 15.9. The van der Waals surface area contributed by atoms with Crippen LogP contribution in [0.5, 0.6) is 0 Å². The van der Waals surface area contributed by atoms with Gasteiger partial charge in [0.05, 0.1) is 10.8 Å². The van der Waals surface area contributed by atoms with E-state index in [1.807, 2.05) is 0 Å². The molecule has 1 aromatic carbocycles. The highest BCUT2D eigenvalue weighted by molar-refractivity contribution is 7.89. The maximum atomic E-state index is 13.1. The summed E-state index contributed by atoms with van der Waals surface area (Å²) < 4.78 is 27.8. The normalized spacial score (nSPS) is 21.7. The lowest BCUT2D eigenvalue weighted by Crippen LogP contribution is -2.37. The first-order valence-corrected chi connectivity index (χ1v) is 11.0. The van der Waals surface area contributed by atoms with E-state index >= 15 is 0 Å². The van der Waals surface area contributed by atoms with Crippen LogP contribution in [0.15, 0.2) is 23.1 Å². The van der Waals surface area contributed by atoms with Crippen LogP contribution in [0.3, 0.4) is 0 Å². The first kappa shape index (κ1) is 22.1. The number of hydrogen-bond donors (Lipinski definition) is 2. The fourth-order valence-electron chi connectivity index (χ4n) is 3.70. The van der Waals surface area contributed by atoms with Crippen LogP contribution in [0.1, 0.15) is 44.1 Å². The SMILES string of the molecule is Cc1ccc(NC(=O)C2CCCNC2)cc1S(=O)(=O)N1CCCCCC1.Cl. The quantitative estimate of drug-likeness (QED) is 0.792. The second kappa shape index (κ2) is 9.87. The second-order valence-electron chi connectivity index (χ2n) is 7.33. The minimum atomic E-state index is -3.53. The third kappa shape index (κ3) is 5.44. The van der Waals surface area contributed by atoms with Gasteiger partial charge in [-0.05, 0) is 56.8 Å². The molecule has 2 heterocycles. The van der Waals surface area contributed by atoms with E-state index in [1.54, 1.807) is 29.4 Å². The fraction of sp³-hybridized carbons (Fsp3) is 0.632. The third-order valence-corrected chi connectivity index (χ3v) is 7.35. The summed E-state index contributed by atoms with van der Waals surface area (Å²) in [4.78, 5) is 12.8. The number of amides is 1. The lowest BCUT2D eigenvalue weighted by molar-refractivity contribution is -0.120. The molecule has 0 spiro atoms. The molecule has 1 amide bonds. The van der Waals surface area contributed by atoms with E-state index in [9.17, 15) is 13.2 Å². The molecule has 1 unspecified atom stereocenters. The van der Waals surface area contributed by atoms with Crippen LogP contribution < -0.4 is 10.6 Å². The Balaban J connectivity index is 0.00000261. The molecule has 1 aromatic rings. The van der Waals surface area contributed by atoms with Crippen molar-refractivity contribution < 1.29 is 13.2 Å². The van der Waals surface area contributed by atoms with Crippen molar-refractivity contribution in [1.29, 1.82) is 0 Å². The van der Waals surface area contributed by atoms with Crippen molar-refractivity contribution >= 4 is 34.0 Å². The molecule has 2 N–H and O–H groups in total. The Bertz CT molecular complexity index is 741. The number of nitrogens with zero attached hydrogens (tertiary/aromatic N) is 1. The van der Waals surface area contributed by atoms with Gasteiger partial charge < -0.3 is 10.6 Å². The van der Waals surface area contributed by atoms with Gasteiger partial charge in [-0.2, -0.15) is 4.31 Å². The summed E-state index contributed by atoms with van der Waals surface area (Å²) >= 11 is 0. The number of carbonyl (C=O) groups excluding carboxylic acids is 1. The van der Waals surface area contributed by atoms with Crippen LogP contribution in [0.2, 0.25) is 0 Å².